The van der Waals surface area contributed by atoms with Crippen molar-refractivity contribution < 1.29 is 4.79 Å². The number of piperidine rings is 1. The van der Waals surface area contributed by atoms with Gasteiger partial charge in [0.2, 0.25) is 5.91 Å². The van der Waals surface area contributed by atoms with Gasteiger partial charge in [-0.1, -0.05) is 12.2 Å². The molecular weight excluding hydrogens is 264 g/mol. The van der Waals surface area contributed by atoms with E-state index < -0.39 is 0 Å². The van der Waals surface area contributed by atoms with Crippen molar-refractivity contribution in [2.45, 2.75) is 44.2 Å². The van der Waals surface area contributed by atoms with E-state index in [1.165, 1.54) is 19.3 Å². The quantitative estimate of drug-likeness (QED) is 0.829. The maximum Gasteiger partial charge on any atom is 0.220 e. The fraction of sp³-hybridized carbons (Fsp3) is 0.625. The standard InChI is InChI=1S/C16H24N4O/c1-20-11-13(10-18-20)16-14(7-8-15(21)19-16)17-9-12-5-3-2-4-6-12/h2-3,10-12,14,16-17H,4-9H2,1H3,(H,19,21)/t12?,14-,16+/m1/s1. The first kappa shape index (κ1) is 14.3. The zero-order chi connectivity index (χ0) is 14.7. The summed E-state index contributed by atoms with van der Waals surface area (Å²) in [5, 5.41) is 11.0. The molecule has 21 heavy (non-hydrogen) atoms. The summed E-state index contributed by atoms with van der Waals surface area (Å²) in [6.07, 6.45) is 13.5. The van der Waals surface area contributed by atoms with Gasteiger partial charge in [-0.15, -0.1) is 0 Å². The molecule has 1 saturated heterocycles. The van der Waals surface area contributed by atoms with Crippen molar-refractivity contribution in [3.63, 3.8) is 0 Å². The van der Waals surface area contributed by atoms with Crippen LogP contribution in [0.5, 0.6) is 0 Å². The van der Waals surface area contributed by atoms with Crippen molar-refractivity contribution in [2.75, 3.05) is 6.54 Å². The number of carbonyl (C=O) groups excluding carboxylic acids is 1. The number of rotatable bonds is 4. The van der Waals surface area contributed by atoms with Gasteiger partial charge >= 0.3 is 0 Å². The van der Waals surface area contributed by atoms with Crippen LogP contribution in [0.15, 0.2) is 24.5 Å². The van der Waals surface area contributed by atoms with Crippen molar-refractivity contribution in [3.05, 3.63) is 30.1 Å². The topological polar surface area (TPSA) is 59.0 Å². The van der Waals surface area contributed by atoms with Crippen molar-refractivity contribution in [1.29, 1.82) is 0 Å². The number of aromatic nitrogens is 2. The van der Waals surface area contributed by atoms with Crippen molar-refractivity contribution in [3.8, 4) is 0 Å². The molecule has 1 aliphatic heterocycles. The van der Waals surface area contributed by atoms with Crippen molar-refractivity contribution in [2.24, 2.45) is 13.0 Å². The molecule has 1 aliphatic carbocycles. The normalized spacial score (nSPS) is 29.4. The summed E-state index contributed by atoms with van der Waals surface area (Å²) in [4.78, 5) is 11.7. The summed E-state index contributed by atoms with van der Waals surface area (Å²) >= 11 is 0. The molecule has 1 fully saturated rings. The van der Waals surface area contributed by atoms with Crippen molar-refractivity contribution >= 4 is 5.91 Å². The van der Waals surface area contributed by atoms with E-state index >= 15 is 0 Å². The Morgan fingerprint density at radius 1 is 1.43 bits per heavy atom. The minimum atomic E-state index is 0.0408. The SMILES string of the molecule is Cn1cc([C@@H]2NC(=O)CC[C@H]2NCC2CC=CCC2)cn1. The highest BCUT2D eigenvalue weighted by Crippen LogP contribution is 2.25. The maximum absolute atomic E-state index is 11.7. The predicted molar refractivity (Wildman–Crippen MR) is 81.6 cm³/mol. The lowest BCUT2D eigenvalue weighted by molar-refractivity contribution is -0.123. The van der Waals surface area contributed by atoms with Gasteiger partial charge in [0.05, 0.1) is 12.2 Å². The lowest BCUT2D eigenvalue weighted by Crippen LogP contribution is -2.49. The minimum Gasteiger partial charge on any atom is -0.348 e. The van der Waals surface area contributed by atoms with Gasteiger partial charge in [0.15, 0.2) is 0 Å². The summed E-state index contributed by atoms with van der Waals surface area (Å²) in [6, 6.07) is 0.344. The number of hydrogen-bond acceptors (Lipinski definition) is 3. The Hall–Kier alpha value is -1.62. The molecule has 0 spiro atoms. The van der Waals surface area contributed by atoms with Gasteiger partial charge in [-0.05, 0) is 38.1 Å². The Kier molecular flexibility index (Phi) is 4.39. The number of aryl methyl sites for hydroxylation is 1. The summed E-state index contributed by atoms with van der Waals surface area (Å²) < 4.78 is 1.79. The highest BCUT2D eigenvalue weighted by molar-refractivity contribution is 5.77. The molecule has 2 N–H and O–H groups in total. The monoisotopic (exact) mass is 288 g/mol. The summed E-state index contributed by atoms with van der Waals surface area (Å²) in [7, 11) is 1.91. The van der Waals surface area contributed by atoms with Crippen LogP contribution in [0.3, 0.4) is 0 Å². The highest BCUT2D eigenvalue weighted by Gasteiger charge is 2.30. The predicted octanol–water partition coefficient (Wildman–Crippen LogP) is 1.69. The molecule has 0 saturated carbocycles. The van der Waals surface area contributed by atoms with Crippen molar-refractivity contribution in [1.82, 2.24) is 20.4 Å². The molecular formula is C16H24N4O. The van der Waals surface area contributed by atoms with E-state index in [2.05, 4.69) is 27.9 Å². The highest BCUT2D eigenvalue weighted by atomic mass is 16.1. The number of hydrogen-bond donors (Lipinski definition) is 2. The maximum atomic E-state index is 11.7. The van der Waals surface area contributed by atoms with Gasteiger partial charge in [0.25, 0.3) is 0 Å². The first-order valence-corrected chi connectivity index (χ1v) is 7.88. The van der Waals surface area contributed by atoms with Crippen LogP contribution in [0, 0.1) is 5.92 Å². The number of nitrogens with zero attached hydrogens (tertiary/aromatic N) is 2. The number of amides is 1. The minimum absolute atomic E-state index is 0.0408. The molecule has 1 unspecified atom stereocenters. The van der Waals surface area contributed by atoms with E-state index in [9.17, 15) is 4.79 Å². The van der Waals surface area contributed by atoms with Crippen LogP contribution >= 0.6 is 0 Å². The fourth-order valence-electron chi connectivity index (χ4n) is 3.30. The van der Waals surface area contributed by atoms with Gasteiger partial charge in [-0.3, -0.25) is 9.48 Å². The molecule has 3 atom stereocenters. The van der Waals surface area contributed by atoms with Crippen LogP contribution in [-0.2, 0) is 11.8 Å². The van der Waals surface area contributed by atoms with Crippen LogP contribution in [0.4, 0.5) is 0 Å². The van der Waals surface area contributed by atoms with E-state index in [1.807, 2.05) is 19.4 Å². The second-order valence-electron chi connectivity index (χ2n) is 6.20. The molecule has 0 radical (unpaired) electrons. The largest absolute Gasteiger partial charge is 0.348 e. The van der Waals surface area contributed by atoms with Crippen LogP contribution in [0.1, 0.15) is 43.7 Å². The summed E-state index contributed by atoms with van der Waals surface area (Å²) in [5.41, 5.74) is 1.09. The fourth-order valence-corrected chi connectivity index (χ4v) is 3.30. The van der Waals surface area contributed by atoms with Crippen LogP contribution in [0.2, 0.25) is 0 Å². The Bertz CT molecular complexity index is 522. The molecule has 1 aromatic heterocycles. The molecule has 2 heterocycles. The molecule has 2 aliphatic rings. The van der Waals surface area contributed by atoms with E-state index in [0.29, 0.717) is 12.5 Å². The zero-order valence-corrected chi connectivity index (χ0v) is 12.6. The molecule has 0 aromatic carbocycles. The summed E-state index contributed by atoms with van der Waals surface area (Å²) in [6.45, 7) is 1.03. The van der Waals surface area contributed by atoms with Gasteiger partial charge < -0.3 is 10.6 Å². The van der Waals surface area contributed by atoms with E-state index in [-0.39, 0.29) is 11.9 Å². The van der Waals surface area contributed by atoms with Crippen LogP contribution in [0.25, 0.3) is 0 Å². The first-order valence-electron chi connectivity index (χ1n) is 7.88. The zero-order valence-electron chi connectivity index (χ0n) is 12.6. The lowest BCUT2D eigenvalue weighted by atomic mass is 9.91. The first-order chi connectivity index (χ1) is 10.2. The second kappa shape index (κ2) is 6.43. The third-order valence-corrected chi connectivity index (χ3v) is 4.53. The smallest absolute Gasteiger partial charge is 0.220 e. The van der Waals surface area contributed by atoms with Gasteiger partial charge in [-0.2, -0.15) is 5.10 Å². The molecule has 5 nitrogen and oxygen atoms in total. The second-order valence-corrected chi connectivity index (χ2v) is 6.20. The van der Waals surface area contributed by atoms with Gasteiger partial charge in [0, 0.05) is 31.3 Å². The summed E-state index contributed by atoms with van der Waals surface area (Å²) in [5.74, 6) is 0.865. The number of carbonyl (C=O) groups is 1. The Morgan fingerprint density at radius 3 is 3.05 bits per heavy atom. The van der Waals surface area contributed by atoms with Crippen LogP contribution in [-0.4, -0.2) is 28.3 Å². The molecule has 1 amide bonds. The molecule has 0 bridgehead atoms. The third kappa shape index (κ3) is 3.53. The lowest BCUT2D eigenvalue weighted by Gasteiger charge is -2.33. The van der Waals surface area contributed by atoms with Gasteiger partial charge in [-0.25, -0.2) is 0 Å². The van der Waals surface area contributed by atoms with E-state index in [0.717, 1.165) is 24.4 Å². The molecule has 3 rings (SSSR count). The Labute approximate surface area is 125 Å². The van der Waals surface area contributed by atoms with E-state index in [1.54, 1.807) is 4.68 Å². The third-order valence-electron chi connectivity index (χ3n) is 4.53. The molecule has 5 heteroatoms. The van der Waals surface area contributed by atoms with Crippen LogP contribution < -0.4 is 10.6 Å². The van der Waals surface area contributed by atoms with E-state index in [4.69, 9.17) is 0 Å². The number of nitrogens with one attached hydrogen (secondary N) is 2. The number of allylic oxidation sites excluding steroid dienone is 2. The average molecular weight is 288 g/mol. The molecule has 1 aromatic rings. The molecule has 114 valence electrons. The average Bonchev–Trinajstić information content (AvgIpc) is 2.93. The van der Waals surface area contributed by atoms with Gasteiger partial charge in [0.1, 0.15) is 0 Å². The Balaban J connectivity index is 1.63. The Morgan fingerprint density at radius 2 is 2.33 bits per heavy atom.